The van der Waals surface area contributed by atoms with Crippen LogP contribution in [0.2, 0.25) is 0 Å². The van der Waals surface area contributed by atoms with E-state index in [1.165, 1.54) is 5.56 Å². The molecule has 3 heteroatoms. The van der Waals surface area contributed by atoms with Crippen molar-refractivity contribution >= 4 is 5.97 Å². The van der Waals surface area contributed by atoms with Gasteiger partial charge < -0.3 is 9.84 Å². The molecule has 2 aromatic carbocycles. The van der Waals surface area contributed by atoms with Gasteiger partial charge in [0.2, 0.25) is 0 Å². The predicted molar refractivity (Wildman–Crippen MR) is 83.5 cm³/mol. The minimum Gasteiger partial charge on any atom is -0.489 e. The lowest BCUT2D eigenvalue weighted by atomic mass is 10.0. The Morgan fingerprint density at radius 1 is 1.05 bits per heavy atom. The summed E-state index contributed by atoms with van der Waals surface area (Å²) in [6, 6.07) is 16.1. The van der Waals surface area contributed by atoms with Gasteiger partial charge in [-0.2, -0.15) is 0 Å². The van der Waals surface area contributed by atoms with Crippen LogP contribution in [0.1, 0.15) is 12.5 Å². The van der Waals surface area contributed by atoms with E-state index >= 15 is 0 Å². The van der Waals surface area contributed by atoms with Gasteiger partial charge in [0.1, 0.15) is 12.4 Å². The Balaban J connectivity index is 2.02. The Kier molecular flexibility index (Phi) is 4.77. The molecule has 0 amide bonds. The molecule has 0 saturated heterocycles. The molecule has 2 rings (SSSR count). The van der Waals surface area contributed by atoms with Crippen LogP contribution in [0.15, 0.2) is 60.2 Å². The summed E-state index contributed by atoms with van der Waals surface area (Å²) in [4.78, 5) is 10.5. The van der Waals surface area contributed by atoms with E-state index in [1.807, 2.05) is 24.3 Å². The molecular formula is C18H18O3. The largest absolute Gasteiger partial charge is 0.489 e. The molecule has 0 atom stereocenters. The third-order valence-electron chi connectivity index (χ3n) is 3.08. The van der Waals surface area contributed by atoms with Gasteiger partial charge in [-0.3, -0.25) is 0 Å². The van der Waals surface area contributed by atoms with Gasteiger partial charge in [-0.25, -0.2) is 4.79 Å². The monoisotopic (exact) mass is 282 g/mol. The van der Waals surface area contributed by atoms with E-state index in [9.17, 15) is 4.79 Å². The summed E-state index contributed by atoms with van der Waals surface area (Å²) in [6.45, 7) is 4.07. The maximum Gasteiger partial charge on any atom is 0.328 e. The number of carboxylic acids is 1. The zero-order chi connectivity index (χ0) is 15.2. The molecule has 0 unspecified atom stereocenters. The molecule has 0 heterocycles. The maximum absolute atomic E-state index is 10.5. The van der Waals surface area contributed by atoms with Crippen molar-refractivity contribution in [3.8, 4) is 16.9 Å². The molecule has 2 aromatic rings. The number of rotatable bonds is 5. The first-order valence-corrected chi connectivity index (χ1v) is 6.74. The SMILES string of the molecule is CC(=CC(=O)O)COc1ccc(-c2ccc(C)cc2)cc1. The fourth-order valence-electron chi connectivity index (χ4n) is 1.94. The quantitative estimate of drug-likeness (QED) is 0.841. The molecule has 3 nitrogen and oxygen atoms in total. The summed E-state index contributed by atoms with van der Waals surface area (Å²) >= 11 is 0. The van der Waals surface area contributed by atoms with Crippen LogP contribution in [0.5, 0.6) is 5.75 Å². The van der Waals surface area contributed by atoms with Gasteiger partial charge in [0.05, 0.1) is 0 Å². The van der Waals surface area contributed by atoms with Crippen LogP contribution in [0.25, 0.3) is 11.1 Å². The fourth-order valence-corrected chi connectivity index (χ4v) is 1.94. The van der Waals surface area contributed by atoms with E-state index < -0.39 is 5.97 Å². The van der Waals surface area contributed by atoms with Crippen LogP contribution in [0, 0.1) is 6.92 Å². The minimum atomic E-state index is -0.953. The summed E-state index contributed by atoms with van der Waals surface area (Å²) in [5.41, 5.74) is 4.19. The van der Waals surface area contributed by atoms with Gasteiger partial charge in [-0.15, -0.1) is 0 Å². The van der Waals surface area contributed by atoms with Crippen LogP contribution in [-0.2, 0) is 4.79 Å². The molecule has 0 radical (unpaired) electrons. The summed E-state index contributed by atoms with van der Waals surface area (Å²) in [6.07, 6.45) is 1.15. The van der Waals surface area contributed by atoms with E-state index in [-0.39, 0.29) is 6.61 Å². The lowest BCUT2D eigenvalue weighted by Crippen LogP contribution is -2.01. The highest BCUT2D eigenvalue weighted by molar-refractivity contribution is 5.80. The Morgan fingerprint density at radius 2 is 1.57 bits per heavy atom. The number of aliphatic carboxylic acids is 1. The summed E-state index contributed by atoms with van der Waals surface area (Å²) < 4.78 is 5.55. The van der Waals surface area contributed by atoms with E-state index in [0.717, 1.165) is 23.0 Å². The number of hydrogen-bond acceptors (Lipinski definition) is 2. The van der Waals surface area contributed by atoms with Crippen LogP contribution in [-0.4, -0.2) is 17.7 Å². The van der Waals surface area contributed by atoms with Crippen molar-refractivity contribution in [1.82, 2.24) is 0 Å². The van der Waals surface area contributed by atoms with Gasteiger partial charge in [-0.05, 0) is 42.7 Å². The lowest BCUT2D eigenvalue weighted by Gasteiger charge is -2.07. The fraction of sp³-hybridized carbons (Fsp3) is 0.167. The highest BCUT2D eigenvalue weighted by atomic mass is 16.5. The Hall–Kier alpha value is -2.55. The molecule has 21 heavy (non-hydrogen) atoms. The molecule has 0 aliphatic carbocycles. The highest BCUT2D eigenvalue weighted by Gasteiger charge is 2.00. The standard InChI is InChI=1S/C18H18O3/c1-13-3-5-15(6-4-13)16-7-9-17(10-8-16)21-12-14(2)11-18(19)20/h3-11H,12H2,1-2H3,(H,19,20). The van der Waals surface area contributed by atoms with Gasteiger partial charge in [0.15, 0.2) is 0 Å². The zero-order valence-corrected chi connectivity index (χ0v) is 12.2. The topological polar surface area (TPSA) is 46.5 Å². The number of hydrogen-bond donors (Lipinski definition) is 1. The lowest BCUT2D eigenvalue weighted by molar-refractivity contribution is -0.131. The summed E-state index contributed by atoms with van der Waals surface area (Å²) in [5, 5.41) is 8.63. The second kappa shape index (κ2) is 6.75. The van der Waals surface area contributed by atoms with E-state index in [4.69, 9.17) is 9.84 Å². The molecular weight excluding hydrogens is 264 g/mol. The Labute approximate surface area is 124 Å². The minimum absolute atomic E-state index is 0.274. The molecule has 0 aliphatic heterocycles. The molecule has 1 N–H and O–H groups in total. The first-order valence-electron chi connectivity index (χ1n) is 6.74. The van der Waals surface area contributed by atoms with Crippen molar-refractivity contribution in [2.24, 2.45) is 0 Å². The number of ether oxygens (including phenoxy) is 1. The first kappa shape index (κ1) is 14.9. The molecule has 0 saturated carbocycles. The Morgan fingerprint density at radius 3 is 2.10 bits per heavy atom. The van der Waals surface area contributed by atoms with Crippen molar-refractivity contribution in [3.63, 3.8) is 0 Å². The normalized spacial score (nSPS) is 11.2. The van der Waals surface area contributed by atoms with Crippen LogP contribution < -0.4 is 4.74 Å². The third-order valence-corrected chi connectivity index (χ3v) is 3.08. The van der Waals surface area contributed by atoms with Crippen LogP contribution in [0.4, 0.5) is 0 Å². The number of benzene rings is 2. The summed E-state index contributed by atoms with van der Waals surface area (Å²) in [7, 11) is 0. The first-order chi connectivity index (χ1) is 10.0. The number of carbonyl (C=O) groups is 1. The molecule has 0 spiro atoms. The van der Waals surface area contributed by atoms with Gasteiger partial charge in [-0.1, -0.05) is 42.0 Å². The molecule has 0 bridgehead atoms. The third kappa shape index (κ3) is 4.49. The van der Waals surface area contributed by atoms with E-state index in [2.05, 4.69) is 31.2 Å². The maximum atomic E-state index is 10.5. The van der Waals surface area contributed by atoms with Crippen LogP contribution >= 0.6 is 0 Å². The summed E-state index contributed by atoms with van der Waals surface area (Å²) in [5.74, 6) is -0.227. The van der Waals surface area contributed by atoms with Crippen LogP contribution in [0.3, 0.4) is 0 Å². The van der Waals surface area contributed by atoms with Crippen molar-refractivity contribution in [2.75, 3.05) is 6.61 Å². The highest BCUT2D eigenvalue weighted by Crippen LogP contribution is 2.22. The predicted octanol–water partition coefficient (Wildman–Crippen LogP) is 4.07. The van der Waals surface area contributed by atoms with Crippen molar-refractivity contribution in [2.45, 2.75) is 13.8 Å². The van der Waals surface area contributed by atoms with Gasteiger partial charge in [0.25, 0.3) is 0 Å². The molecule has 0 aromatic heterocycles. The van der Waals surface area contributed by atoms with Crippen molar-refractivity contribution in [1.29, 1.82) is 0 Å². The zero-order valence-electron chi connectivity index (χ0n) is 12.2. The van der Waals surface area contributed by atoms with E-state index in [1.54, 1.807) is 6.92 Å². The second-order valence-corrected chi connectivity index (χ2v) is 5.01. The molecule has 108 valence electrons. The number of aryl methyl sites for hydroxylation is 1. The number of carboxylic acid groups (broad SMARTS) is 1. The van der Waals surface area contributed by atoms with Crippen molar-refractivity contribution < 1.29 is 14.6 Å². The van der Waals surface area contributed by atoms with Gasteiger partial charge in [0, 0.05) is 6.08 Å². The van der Waals surface area contributed by atoms with Crippen molar-refractivity contribution in [3.05, 3.63) is 65.7 Å². The average Bonchev–Trinajstić information content (AvgIpc) is 2.46. The Bertz CT molecular complexity index is 637. The van der Waals surface area contributed by atoms with E-state index in [0.29, 0.717) is 5.57 Å². The van der Waals surface area contributed by atoms with Gasteiger partial charge >= 0.3 is 5.97 Å². The molecule has 0 fully saturated rings. The smallest absolute Gasteiger partial charge is 0.328 e. The second-order valence-electron chi connectivity index (χ2n) is 5.01. The molecule has 0 aliphatic rings. The average molecular weight is 282 g/mol.